The summed E-state index contributed by atoms with van der Waals surface area (Å²) in [6.07, 6.45) is 6.02. The van der Waals surface area contributed by atoms with Gasteiger partial charge in [0.15, 0.2) is 11.5 Å². The number of carbonyl (C=O) groups is 1. The summed E-state index contributed by atoms with van der Waals surface area (Å²) < 4.78 is 11.0. The molecule has 38 heavy (non-hydrogen) atoms. The Labute approximate surface area is 231 Å². The summed E-state index contributed by atoms with van der Waals surface area (Å²) in [5, 5.41) is 0.513. The number of pyridine rings is 1. The van der Waals surface area contributed by atoms with Crippen molar-refractivity contribution in [2.75, 3.05) is 57.5 Å². The Balaban J connectivity index is 1.08. The molecular formula is C30H39ClN4O3. The van der Waals surface area contributed by atoms with Gasteiger partial charge in [0.05, 0.1) is 5.92 Å². The highest BCUT2D eigenvalue weighted by Gasteiger charge is 2.43. The van der Waals surface area contributed by atoms with E-state index in [-0.39, 0.29) is 5.92 Å². The van der Waals surface area contributed by atoms with Crippen molar-refractivity contribution >= 4 is 23.3 Å². The molecule has 1 aromatic carbocycles. The van der Waals surface area contributed by atoms with Gasteiger partial charge in [-0.1, -0.05) is 43.5 Å². The van der Waals surface area contributed by atoms with E-state index in [1.54, 1.807) is 6.07 Å². The molecule has 1 aliphatic carbocycles. The van der Waals surface area contributed by atoms with Gasteiger partial charge in [0, 0.05) is 45.8 Å². The summed E-state index contributed by atoms with van der Waals surface area (Å²) in [6.45, 7) is 8.80. The smallest absolute Gasteiger partial charge is 0.231 e. The fourth-order valence-electron chi connectivity index (χ4n) is 7.16. The maximum absolute atomic E-state index is 14.0. The first kappa shape index (κ1) is 25.8. The van der Waals surface area contributed by atoms with Crippen molar-refractivity contribution < 1.29 is 14.3 Å². The summed E-state index contributed by atoms with van der Waals surface area (Å²) in [6, 6.07) is 12.0. The van der Waals surface area contributed by atoms with E-state index in [2.05, 4.69) is 38.7 Å². The van der Waals surface area contributed by atoms with Crippen molar-refractivity contribution in [1.82, 2.24) is 14.8 Å². The zero-order chi connectivity index (χ0) is 26.1. The second-order valence-corrected chi connectivity index (χ2v) is 12.0. The van der Waals surface area contributed by atoms with Gasteiger partial charge in [-0.2, -0.15) is 0 Å². The largest absolute Gasteiger partial charge is 0.454 e. The van der Waals surface area contributed by atoms with E-state index < -0.39 is 0 Å². The first-order valence-corrected chi connectivity index (χ1v) is 14.7. The number of anilines is 1. The highest BCUT2D eigenvalue weighted by atomic mass is 35.5. The van der Waals surface area contributed by atoms with E-state index in [9.17, 15) is 4.79 Å². The van der Waals surface area contributed by atoms with Gasteiger partial charge in [0.2, 0.25) is 12.7 Å². The normalized spacial score (nSPS) is 26.2. The van der Waals surface area contributed by atoms with E-state index >= 15 is 0 Å². The molecule has 3 fully saturated rings. The number of halogens is 1. The van der Waals surface area contributed by atoms with Crippen molar-refractivity contribution in [2.24, 2.45) is 23.7 Å². The number of ether oxygens (including phenoxy) is 2. The summed E-state index contributed by atoms with van der Waals surface area (Å²) in [7, 11) is 0. The van der Waals surface area contributed by atoms with Gasteiger partial charge in [-0.25, -0.2) is 4.98 Å². The Bertz CT molecular complexity index is 1140. The summed E-state index contributed by atoms with van der Waals surface area (Å²) in [5.41, 5.74) is 1.29. The average Bonchev–Trinajstić information content (AvgIpc) is 3.40. The van der Waals surface area contributed by atoms with Gasteiger partial charge in [0.25, 0.3) is 0 Å². The Morgan fingerprint density at radius 1 is 1.05 bits per heavy atom. The van der Waals surface area contributed by atoms with E-state index in [0.29, 0.717) is 35.6 Å². The minimum atomic E-state index is 0.114. The maximum atomic E-state index is 14.0. The molecule has 1 amide bonds. The first-order chi connectivity index (χ1) is 18.5. The molecule has 0 bridgehead atoms. The quantitative estimate of drug-likeness (QED) is 0.496. The highest BCUT2D eigenvalue weighted by Crippen LogP contribution is 2.41. The third-order valence-electron chi connectivity index (χ3n) is 8.96. The molecule has 4 unspecified atom stereocenters. The summed E-state index contributed by atoms with van der Waals surface area (Å²) in [5.74, 6) is 4.75. The molecule has 0 N–H and O–H groups in total. The number of hydrogen-bond acceptors (Lipinski definition) is 6. The van der Waals surface area contributed by atoms with Crippen LogP contribution in [0.25, 0.3) is 0 Å². The van der Waals surface area contributed by atoms with Crippen molar-refractivity contribution in [3.05, 3.63) is 47.1 Å². The number of fused-ring (bicyclic) bond motifs is 2. The number of piperazine rings is 1. The van der Waals surface area contributed by atoms with Crippen molar-refractivity contribution in [2.45, 2.75) is 39.0 Å². The molecular weight excluding hydrogens is 500 g/mol. The number of piperidine rings is 1. The summed E-state index contributed by atoms with van der Waals surface area (Å²) >= 11 is 6.11. The number of likely N-dealkylation sites (tertiary alicyclic amines) is 1. The molecule has 7 nitrogen and oxygen atoms in total. The van der Waals surface area contributed by atoms with Gasteiger partial charge in [-0.15, -0.1) is 0 Å². The van der Waals surface area contributed by atoms with E-state index in [1.165, 1.54) is 31.2 Å². The molecule has 204 valence electrons. The number of amides is 1. The van der Waals surface area contributed by atoms with Crippen LogP contribution in [0.1, 0.15) is 38.2 Å². The van der Waals surface area contributed by atoms with Crippen LogP contribution in [0.5, 0.6) is 11.5 Å². The molecule has 0 radical (unpaired) electrons. The molecule has 3 aliphatic heterocycles. The average molecular weight is 539 g/mol. The minimum absolute atomic E-state index is 0.114. The molecule has 2 aromatic rings. The molecule has 4 aliphatic rings. The van der Waals surface area contributed by atoms with Crippen molar-refractivity contribution in [1.29, 1.82) is 0 Å². The number of aromatic nitrogens is 1. The fourth-order valence-corrected chi connectivity index (χ4v) is 7.32. The lowest BCUT2D eigenvalue weighted by Gasteiger charge is -2.48. The van der Waals surface area contributed by atoms with Crippen LogP contribution in [0.4, 0.5) is 5.82 Å². The Morgan fingerprint density at radius 3 is 2.71 bits per heavy atom. The predicted molar refractivity (Wildman–Crippen MR) is 149 cm³/mol. The maximum Gasteiger partial charge on any atom is 0.231 e. The fraction of sp³-hybridized carbons (Fsp3) is 0.600. The monoisotopic (exact) mass is 538 g/mol. The van der Waals surface area contributed by atoms with Gasteiger partial charge < -0.3 is 24.2 Å². The van der Waals surface area contributed by atoms with Gasteiger partial charge >= 0.3 is 0 Å². The summed E-state index contributed by atoms with van der Waals surface area (Å²) in [4.78, 5) is 25.4. The Morgan fingerprint density at radius 2 is 1.87 bits per heavy atom. The third kappa shape index (κ3) is 5.59. The molecule has 8 heteroatoms. The van der Waals surface area contributed by atoms with Gasteiger partial charge in [-0.3, -0.25) is 4.79 Å². The van der Waals surface area contributed by atoms with E-state index in [1.807, 2.05) is 18.2 Å². The second kappa shape index (κ2) is 11.3. The highest BCUT2D eigenvalue weighted by molar-refractivity contribution is 6.29. The minimum Gasteiger partial charge on any atom is -0.454 e. The molecule has 6 rings (SSSR count). The van der Waals surface area contributed by atoms with E-state index in [0.717, 1.165) is 69.6 Å². The second-order valence-electron chi connectivity index (χ2n) is 11.7. The first-order valence-electron chi connectivity index (χ1n) is 14.3. The van der Waals surface area contributed by atoms with Crippen LogP contribution in [-0.4, -0.2) is 73.3 Å². The number of carbonyl (C=O) groups excluding carboxylic acids is 1. The van der Waals surface area contributed by atoms with Crippen LogP contribution in [0, 0.1) is 23.7 Å². The Hall–Kier alpha value is -2.51. The molecule has 0 spiro atoms. The SMILES string of the molecule is CC(Cc1ccc2c(c1)OCO2)CN1CC2CCCCC2C(C(=O)N2CCN(c3cccc(Cl)n3)CC2)C1. The molecule has 1 aromatic heterocycles. The van der Waals surface area contributed by atoms with Crippen LogP contribution in [0.2, 0.25) is 5.15 Å². The lowest BCUT2D eigenvalue weighted by molar-refractivity contribution is -0.142. The number of nitrogens with zero attached hydrogens (tertiary/aromatic N) is 4. The number of rotatable bonds is 6. The van der Waals surface area contributed by atoms with Gasteiger partial charge in [0.1, 0.15) is 11.0 Å². The molecule has 4 heterocycles. The predicted octanol–water partition coefficient (Wildman–Crippen LogP) is 4.73. The van der Waals surface area contributed by atoms with Crippen LogP contribution in [0.15, 0.2) is 36.4 Å². The lowest BCUT2D eigenvalue weighted by Crippen LogP contribution is -2.57. The van der Waals surface area contributed by atoms with Crippen LogP contribution < -0.4 is 14.4 Å². The number of benzene rings is 1. The van der Waals surface area contributed by atoms with Gasteiger partial charge in [-0.05, 0) is 66.8 Å². The van der Waals surface area contributed by atoms with E-state index in [4.69, 9.17) is 21.1 Å². The molecule has 2 saturated heterocycles. The van der Waals surface area contributed by atoms with Crippen molar-refractivity contribution in [3.63, 3.8) is 0 Å². The van der Waals surface area contributed by atoms with Crippen LogP contribution in [0.3, 0.4) is 0 Å². The van der Waals surface area contributed by atoms with Crippen molar-refractivity contribution in [3.8, 4) is 11.5 Å². The van der Waals surface area contributed by atoms with Crippen LogP contribution in [-0.2, 0) is 11.2 Å². The topological polar surface area (TPSA) is 58.1 Å². The zero-order valence-electron chi connectivity index (χ0n) is 22.4. The number of hydrogen-bond donors (Lipinski definition) is 0. The Kier molecular flexibility index (Phi) is 7.66. The standard InChI is InChI=1S/C30H39ClN4O3/c1-21(15-22-9-10-26-27(16-22)38-20-37-26)17-33-18-23-5-2-3-6-24(23)25(19-33)30(36)35-13-11-34(12-14-35)29-8-4-7-28(31)32-29/h4,7-10,16,21,23-25H,2-3,5-6,11-15,17-20H2,1H3. The lowest BCUT2D eigenvalue weighted by atomic mass is 9.69. The molecule has 4 atom stereocenters. The van der Waals surface area contributed by atoms with Crippen LogP contribution >= 0.6 is 11.6 Å². The third-order valence-corrected chi connectivity index (χ3v) is 9.17. The zero-order valence-corrected chi connectivity index (χ0v) is 23.1. The molecule has 1 saturated carbocycles.